The highest BCUT2D eigenvalue weighted by Gasteiger charge is 2.15. The van der Waals surface area contributed by atoms with Crippen LogP contribution in [0.2, 0.25) is 0 Å². The molecule has 19 heavy (non-hydrogen) atoms. The van der Waals surface area contributed by atoms with Gasteiger partial charge >= 0.3 is 0 Å². The molecule has 106 valence electrons. The van der Waals surface area contributed by atoms with Crippen molar-refractivity contribution in [2.24, 2.45) is 5.73 Å². The topological polar surface area (TPSA) is 69.2 Å². The standard InChI is InChI=1S/C14H25N5/c1-5-19(10-6-9-18(3)4)14-12(13(15)16)11(2)7-8-17-14/h7-8H,5-6,9-10H2,1-4H3,(H3,15,16). The van der Waals surface area contributed by atoms with E-state index in [4.69, 9.17) is 11.1 Å². The third-order valence-electron chi connectivity index (χ3n) is 3.12. The van der Waals surface area contributed by atoms with Gasteiger partial charge in [0, 0.05) is 19.3 Å². The first-order chi connectivity index (χ1) is 8.97. The Labute approximate surface area is 115 Å². The molecule has 0 aliphatic carbocycles. The first-order valence-corrected chi connectivity index (χ1v) is 6.67. The van der Waals surface area contributed by atoms with Crippen LogP contribution in [0.3, 0.4) is 0 Å². The average Bonchev–Trinajstić information content (AvgIpc) is 2.33. The maximum absolute atomic E-state index is 7.73. The Morgan fingerprint density at radius 2 is 2.05 bits per heavy atom. The second-order valence-corrected chi connectivity index (χ2v) is 4.98. The van der Waals surface area contributed by atoms with Crippen molar-refractivity contribution >= 4 is 11.7 Å². The summed E-state index contributed by atoms with van der Waals surface area (Å²) in [5.41, 5.74) is 7.46. The number of amidine groups is 1. The lowest BCUT2D eigenvalue weighted by molar-refractivity contribution is 0.400. The molecule has 1 heterocycles. The minimum atomic E-state index is 0.0895. The van der Waals surface area contributed by atoms with Crippen molar-refractivity contribution in [2.75, 3.05) is 38.6 Å². The molecule has 0 atom stereocenters. The minimum absolute atomic E-state index is 0.0895. The highest BCUT2D eigenvalue weighted by atomic mass is 15.2. The summed E-state index contributed by atoms with van der Waals surface area (Å²) < 4.78 is 0. The summed E-state index contributed by atoms with van der Waals surface area (Å²) in [6, 6.07) is 1.90. The van der Waals surface area contributed by atoms with E-state index in [-0.39, 0.29) is 5.84 Å². The van der Waals surface area contributed by atoms with Crippen LogP contribution in [0, 0.1) is 12.3 Å². The van der Waals surface area contributed by atoms with Gasteiger partial charge in [-0.2, -0.15) is 0 Å². The van der Waals surface area contributed by atoms with Gasteiger partial charge in [0.05, 0.1) is 5.56 Å². The summed E-state index contributed by atoms with van der Waals surface area (Å²) in [5.74, 6) is 0.917. The molecular weight excluding hydrogens is 238 g/mol. The molecule has 5 heteroatoms. The zero-order valence-electron chi connectivity index (χ0n) is 12.4. The van der Waals surface area contributed by atoms with E-state index in [0.29, 0.717) is 0 Å². The first-order valence-electron chi connectivity index (χ1n) is 6.67. The molecule has 1 aromatic heterocycles. The van der Waals surface area contributed by atoms with Crippen LogP contribution in [0.25, 0.3) is 0 Å². The fourth-order valence-corrected chi connectivity index (χ4v) is 2.11. The van der Waals surface area contributed by atoms with Gasteiger partial charge in [0.1, 0.15) is 11.7 Å². The van der Waals surface area contributed by atoms with Crippen LogP contribution >= 0.6 is 0 Å². The minimum Gasteiger partial charge on any atom is -0.384 e. The SMILES string of the molecule is CCN(CCCN(C)C)c1nccc(C)c1C(=N)N. The molecule has 0 aliphatic rings. The molecule has 0 aromatic carbocycles. The quantitative estimate of drug-likeness (QED) is 0.577. The molecule has 1 aromatic rings. The van der Waals surface area contributed by atoms with E-state index in [1.54, 1.807) is 6.20 Å². The van der Waals surface area contributed by atoms with Crippen LogP contribution in [0.4, 0.5) is 5.82 Å². The van der Waals surface area contributed by atoms with Gasteiger partial charge < -0.3 is 15.5 Å². The molecule has 0 radical (unpaired) electrons. The fourth-order valence-electron chi connectivity index (χ4n) is 2.11. The highest BCUT2D eigenvalue weighted by Crippen LogP contribution is 2.20. The zero-order chi connectivity index (χ0) is 14.4. The first kappa shape index (κ1) is 15.4. The van der Waals surface area contributed by atoms with E-state index in [2.05, 4.69) is 35.8 Å². The number of hydrogen-bond acceptors (Lipinski definition) is 4. The van der Waals surface area contributed by atoms with Crippen molar-refractivity contribution in [1.82, 2.24) is 9.88 Å². The smallest absolute Gasteiger partial charge is 0.139 e. The van der Waals surface area contributed by atoms with Crippen molar-refractivity contribution in [3.8, 4) is 0 Å². The molecule has 0 saturated carbocycles. The van der Waals surface area contributed by atoms with Crippen LogP contribution in [0.5, 0.6) is 0 Å². The van der Waals surface area contributed by atoms with Crippen LogP contribution in [0.15, 0.2) is 12.3 Å². The van der Waals surface area contributed by atoms with Crippen LogP contribution in [0.1, 0.15) is 24.5 Å². The van der Waals surface area contributed by atoms with Gasteiger partial charge in [0.25, 0.3) is 0 Å². The van der Waals surface area contributed by atoms with Gasteiger partial charge in [-0.05, 0) is 52.5 Å². The van der Waals surface area contributed by atoms with E-state index in [1.807, 2.05) is 13.0 Å². The lowest BCUT2D eigenvalue weighted by Gasteiger charge is -2.25. The lowest BCUT2D eigenvalue weighted by atomic mass is 10.1. The third-order valence-corrected chi connectivity index (χ3v) is 3.12. The number of aryl methyl sites for hydroxylation is 1. The van der Waals surface area contributed by atoms with Crippen molar-refractivity contribution in [2.45, 2.75) is 20.3 Å². The van der Waals surface area contributed by atoms with Gasteiger partial charge in [0.2, 0.25) is 0 Å². The van der Waals surface area contributed by atoms with Gasteiger partial charge in [0.15, 0.2) is 0 Å². The van der Waals surface area contributed by atoms with E-state index >= 15 is 0 Å². The van der Waals surface area contributed by atoms with Crippen LogP contribution in [-0.4, -0.2) is 49.4 Å². The van der Waals surface area contributed by atoms with Crippen molar-refractivity contribution < 1.29 is 0 Å². The Bertz CT molecular complexity index is 428. The number of anilines is 1. The second-order valence-electron chi connectivity index (χ2n) is 4.98. The monoisotopic (exact) mass is 263 g/mol. The Hall–Kier alpha value is -1.62. The Kier molecular flexibility index (Phi) is 5.76. The predicted molar refractivity (Wildman–Crippen MR) is 81.0 cm³/mol. The lowest BCUT2D eigenvalue weighted by Crippen LogP contribution is -2.30. The molecule has 0 bridgehead atoms. The molecule has 0 spiro atoms. The molecule has 0 fully saturated rings. The molecule has 1 rings (SSSR count). The second kappa shape index (κ2) is 7.09. The number of nitrogens with one attached hydrogen (secondary N) is 1. The van der Waals surface area contributed by atoms with E-state index in [0.717, 1.165) is 43.0 Å². The summed E-state index contributed by atoms with van der Waals surface area (Å²) in [5, 5.41) is 7.73. The Morgan fingerprint density at radius 1 is 1.37 bits per heavy atom. The predicted octanol–water partition coefficient (Wildman–Crippen LogP) is 1.45. The van der Waals surface area contributed by atoms with E-state index in [9.17, 15) is 0 Å². The summed E-state index contributed by atoms with van der Waals surface area (Å²) >= 11 is 0. The molecule has 3 N–H and O–H groups in total. The molecule has 0 unspecified atom stereocenters. The van der Waals surface area contributed by atoms with E-state index in [1.165, 1.54) is 0 Å². The molecule has 0 amide bonds. The fraction of sp³-hybridized carbons (Fsp3) is 0.571. The summed E-state index contributed by atoms with van der Waals surface area (Å²) in [6.45, 7) is 6.90. The molecule has 0 saturated heterocycles. The largest absolute Gasteiger partial charge is 0.384 e. The van der Waals surface area contributed by atoms with Gasteiger partial charge in [-0.3, -0.25) is 5.41 Å². The molecular formula is C14H25N5. The molecule has 0 aliphatic heterocycles. The van der Waals surface area contributed by atoms with Gasteiger partial charge in [-0.1, -0.05) is 0 Å². The maximum Gasteiger partial charge on any atom is 0.139 e. The average molecular weight is 263 g/mol. The van der Waals surface area contributed by atoms with Crippen LogP contribution < -0.4 is 10.6 Å². The van der Waals surface area contributed by atoms with Crippen molar-refractivity contribution in [3.63, 3.8) is 0 Å². The van der Waals surface area contributed by atoms with E-state index < -0.39 is 0 Å². The number of nitrogens with zero attached hydrogens (tertiary/aromatic N) is 3. The van der Waals surface area contributed by atoms with Crippen molar-refractivity contribution in [3.05, 3.63) is 23.4 Å². The Morgan fingerprint density at radius 3 is 2.58 bits per heavy atom. The van der Waals surface area contributed by atoms with Gasteiger partial charge in [-0.25, -0.2) is 4.98 Å². The third kappa shape index (κ3) is 4.21. The molecule has 5 nitrogen and oxygen atoms in total. The number of nitrogen functional groups attached to an aromatic ring is 1. The summed E-state index contributed by atoms with van der Waals surface area (Å²) in [4.78, 5) is 8.78. The number of rotatable bonds is 7. The number of hydrogen-bond donors (Lipinski definition) is 2. The normalized spacial score (nSPS) is 10.8. The summed E-state index contributed by atoms with van der Waals surface area (Å²) in [7, 11) is 4.14. The summed E-state index contributed by atoms with van der Waals surface area (Å²) in [6.07, 6.45) is 2.85. The number of aromatic nitrogens is 1. The maximum atomic E-state index is 7.73. The van der Waals surface area contributed by atoms with Gasteiger partial charge in [-0.15, -0.1) is 0 Å². The number of nitrogens with two attached hydrogens (primary N) is 1. The van der Waals surface area contributed by atoms with Crippen molar-refractivity contribution in [1.29, 1.82) is 5.41 Å². The Balaban J connectivity index is 2.92. The van der Waals surface area contributed by atoms with Crippen LogP contribution in [-0.2, 0) is 0 Å². The highest BCUT2D eigenvalue weighted by molar-refractivity contribution is 6.00. The zero-order valence-corrected chi connectivity index (χ0v) is 12.4. The number of pyridine rings is 1.